The summed E-state index contributed by atoms with van der Waals surface area (Å²) in [5, 5.41) is 9.81. The lowest BCUT2D eigenvalue weighted by atomic mass is 10.1. The molecule has 1 saturated carbocycles. The van der Waals surface area contributed by atoms with Gasteiger partial charge in [0.1, 0.15) is 0 Å². The van der Waals surface area contributed by atoms with Gasteiger partial charge in [-0.2, -0.15) is 0 Å². The lowest BCUT2D eigenvalue weighted by molar-refractivity contribution is 0.0607. The molecule has 1 aliphatic rings. The van der Waals surface area contributed by atoms with E-state index in [1.165, 1.54) is 25.7 Å². The highest BCUT2D eigenvalue weighted by Gasteiger charge is 2.23. The highest BCUT2D eigenvalue weighted by Crippen LogP contribution is 2.21. The summed E-state index contributed by atoms with van der Waals surface area (Å²) in [6, 6.07) is 0.414. The van der Waals surface area contributed by atoms with E-state index in [1.807, 2.05) is 0 Å². The summed E-state index contributed by atoms with van der Waals surface area (Å²) in [6.07, 6.45) is 5.87. The van der Waals surface area contributed by atoms with Crippen LogP contribution < -0.4 is 0 Å². The molecule has 1 fully saturated rings. The van der Waals surface area contributed by atoms with Gasteiger partial charge in [0, 0.05) is 6.04 Å². The summed E-state index contributed by atoms with van der Waals surface area (Å²) < 4.78 is 0. The Morgan fingerprint density at radius 3 is 2.58 bits per heavy atom. The molecule has 0 spiro atoms. The Hall–Kier alpha value is -0.0800. The summed E-state index contributed by atoms with van der Waals surface area (Å²) in [6.45, 7) is 3.19. The molecule has 0 heterocycles. The Morgan fingerprint density at radius 1 is 1.25 bits per heavy atom. The maximum absolute atomic E-state index is 9.81. The van der Waals surface area contributed by atoms with Gasteiger partial charge in [0.2, 0.25) is 0 Å². The van der Waals surface area contributed by atoms with Crippen molar-refractivity contribution in [2.75, 3.05) is 13.6 Å². The normalized spacial score (nSPS) is 32.0. The first-order valence-electron chi connectivity index (χ1n) is 5.14. The van der Waals surface area contributed by atoms with Crippen molar-refractivity contribution in [3.05, 3.63) is 0 Å². The molecular weight excluding hydrogens is 150 g/mol. The number of nitrogens with zero attached hydrogens (tertiary/aromatic N) is 1. The Labute approximate surface area is 75.6 Å². The monoisotopic (exact) mass is 171 g/mol. The van der Waals surface area contributed by atoms with Crippen LogP contribution in [0.2, 0.25) is 0 Å². The molecule has 2 heteroatoms. The van der Waals surface area contributed by atoms with Crippen LogP contribution >= 0.6 is 0 Å². The third-order valence-corrected chi connectivity index (χ3v) is 3.01. The zero-order valence-corrected chi connectivity index (χ0v) is 8.29. The fraction of sp³-hybridized carbons (Fsp3) is 1.00. The Balaban J connectivity index is 2.46. The molecule has 12 heavy (non-hydrogen) atoms. The Bertz CT molecular complexity index is 127. The van der Waals surface area contributed by atoms with Gasteiger partial charge in [-0.1, -0.05) is 26.2 Å². The van der Waals surface area contributed by atoms with Crippen LogP contribution in [0.5, 0.6) is 0 Å². The molecule has 0 aliphatic heterocycles. The zero-order chi connectivity index (χ0) is 8.97. The predicted molar refractivity (Wildman–Crippen MR) is 51.2 cm³/mol. The minimum Gasteiger partial charge on any atom is -0.391 e. The zero-order valence-electron chi connectivity index (χ0n) is 8.29. The molecule has 0 aromatic heterocycles. The van der Waals surface area contributed by atoms with Crippen molar-refractivity contribution < 1.29 is 5.11 Å². The summed E-state index contributed by atoms with van der Waals surface area (Å²) in [5.41, 5.74) is 0. The van der Waals surface area contributed by atoms with Crippen LogP contribution in [0.25, 0.3) is 0 Å². The number of hydrogen-bond acceptors (Lipinski definition) is 2. The van der Waals surface area contributed by atoms with Gasteiger partial charge in [-0.25, -0.2) is 0 Å². The second-order valence-electron chi connectivity index (χ2n) is 3.85. The molecule has 0 bridgehead atoms. The van der Waals surface area contributed by atoms with Gasteiger partial charge in [0.25, 0.3) is 0 Å². The summed E-state index contributed by atoms with van der Waals surface area (Å²) in [5.74, 6) is 0. The highest BCUT2D eigenvalue weighted by molar-refractivity contribution is 4.79. The third-order valence-electron chi connectivity index (χ3n) is 3.01. The van der Waals surface area contributed by atoms with Crippen molar-refractivity contribution in [1.82, 2.24) is 4.90 Å². The molecule has 0 radical (unpaired) electrons. The van der Waals surface area contributed by atoms with Crippen LogP contribution in [0.1, 0.15) is 39.0 Å². The summed E-state index contributed by atoms with van der Waals surface area (Å²) in [4.78, 5) is 2.27. The fourth-order valence-electron chi connectivity index (χ4n) is 2.02. The molecule has 0 amide bonds. The highest BCUT2D eigenvalue weighted by atomic mass is 16.3. The molecule has 0 saturated heterocycles. The Morgan fingerprint density at radius 2 is 1.92 bits per heavy atom. The maximum Gasteiger partial charge on any atom is 0.0695 e. The number of hydrogen-bond donors (Lipinski definition) is 1. The van der Waals surface area contributed by atoms with Crippen molar-refractivity contribution in [3.8, 4) is 0 Å². The Kier molecular flexibility index (Phi) is 4.02. The molecule has 0 aromatic rings. The van der Waals surface area contributed by atoms with Gasteiger partial charge in [-0.15, -0.1) is 0 Å². The van der Waals surface area contributed by atoms with E-state index in [0.717, 1.165) is 13.0 Å². The lowest BCUT2D eigenvalue weighted by Crippen LogP contribution is -2.40. The first-order valence-corrected chi connectivity index (χ1v) is 5.14. The SMILES string of the molecule is CCN(C)C1CCCCCC1O. The van der Waals surface area contributed by atoms with Crippen molar-refractivity contribution in [2.45, 2.75) is 51.2 Å². The predicted octanol–water partition coefficient (Wildman–Crippen LogP) is 1.63. The van der Waals surface area contributed by atoms with E-state index in [-0.39, 0.29) is 6.10 Å². The van der Waals surface area contributed by atoms with E-state index in [4.69, 9.17) is 0 Å². The molecular formula is C10H21NO. The van der Waals surface area contributed by atoms with E-state index in [2.05, 4.69) is 18.9 Å². The molecule has 72 valence electrons. The largest absolute Gasteiger partial charge is 0.391 e. The van der Waals surface area contributed by atoms with E-state index < -0.39 is 0 Å². The molecule has 0 aromatic carbocycles. The summed E-state index contributed by atoms with van der Waals surface area (Å²) in [7, 11) is 2.11. The molecule has 1 N–H and O–H groups in total. The maximum atomic E-state index is 9.81. The van der Waals surface area contributed by atoms with Crippen molar-refractivity contribution >= 4 is 0 Å². The molecule has 1 rings (SSSR count). The quantitative estimate of drug-likeness (QED) is 0.638. The van der Waals surface area contributed by atoms with Gasteiger partial charge < -0.3 is 10.0 Å². The van der Waals surface area contributed by atoms with Crippen molar-refractivity contribution in [1.29, 1.82) is 0 Å². The second kappa shape index (κ2) is 4.83. The topological polar surface area (TPSA) is 23.5 Å². The molecule has 2 atom stereocenters. The van der Waals surface area contributed by atoms with Crippen LogP contribution in [-0.4, -0.2) is 35.7 Å². The number of aliphatic hydroxyl groups excluding tert-OH is 1. The van der Waals surface area contributed by atoms with Crippen molar-refractivity contribution in [2.24, 2.45) is 0 Å². The fourth-order valence-corrected chi connectivity index (χ4v) is 2.02. The summed E-state index contributed by atoms with van der Waals surface area (Å²) >= 11 is 0. The van der Waals surface area contributed by atoms with Gasteiger partial charge in [-0.3, -0.25) is 0 Å². The van der Waals surface area contributed by atoms with Crippen molar-refractivity contribution in [3.63, 3.8) is 0 Å². The third kappa shape index (κ3) is 2.46. The van der Waals surface area contributed by atoms with E-state index >= 15 is 0 Å². The minimum atomic E-state index is -0.0857. The molecule has 2 nitrogen and oxygen atoms in total. The van der Waals surface area contributed by atoms with Gasteiger partial charge >= 0.3 is 0 Å². The first kappa shape index (κ1) is 10.0. The minimum absolute atomic E-state index is 0.0857. The number of aliphatic hydroxyl groups is 1. The van der Waals surface area contributed by atoms with Gasteiger partial charge in [0.15, 0.2) is 0 Å². The average Bonchev–Trinajstić information content (AvgIpc) is 2.28. The second-order valence-corrected chi connectivity index (χ2v) is 3.85. The van der Waals surface area contributed by atoms with E-state index in [1.54, 1.807) is 0 Å². The van der Waals surface area contributed by atoms with Crippen LogP contribution in [-0.2, 0) is 0 Å². The van der Waals surface area contributed by atoms with E-state index in [9.17, 15) is 5.11 Å². The molecule has 1 aliphatic carbocycles. The van der Waals surface area contributed by atoms with Crippen LogP contribution in [0.3, 0.4) is 0 Å². The van der Waals surface area contributed by atoms with Gasteiger partial charge in [0.05, 0.1) is 6.10 Å². The van der Waals surface area contributed by atoms with E-state index in [0.29, 0.717) is 6.04 Å². The standard InChI is InChI=1S/C10H21NO/c1-3-11(2)9-7-5-4-6-8-10(9)12/h9-10,12H,3-8H2,1-2H3. The van der Waals surface area contributed by atoms with Crippen LogP contribution in [0, 0.1) is 0 Å². The lowest BCUT2D eigenvalue weighted by Gasteiger charge is -2.29. The first-order chi connectivity index (χ1) is 5.75. The average molecular weight is 171 g/mol. The number of rotatable bonds is 2. The van der Waals surface area contributed by atoms with Crippen LogP contribution in [0.15, 0.2) is 0 Å². The number of likely N-dealkylation sites (N-methyl/N-ethyl adjacent to an activating group) is 1. The molecule has 2 unspecified atom stereocenters. The van der Waals surface area contributed by atoms with Crippen LogP contribution in [0.4, 0.5) is 0 Å². The van der Waals surface area contributed by atoms with Gasteiger partial charge in [-0.05, 0) is 26.4 Å². The smallest absolute Gasteiger partial charge is 0.0695 e.